The Morgan fingerprint density at radius 2 is 1.67 bits per heavy atom. The van der Waals surface area contributed by atoms with Gasteiger partial charge in [0.2, 0.25) is 0 Å². The van der Waals surface area contributed by atoms with Gasteiger partial charge in [-0.05, 0) is 30.5 Å². The van der Waals surface area contributed by atoms with Crippen molar-refractivity contribution in [3.05, 3.63) is 65.7 Å². The highest BCUT2D eigenvalue weighted by molar-refractivity contribution is 6.22. The minimum atomic E-state index is -0.530. The molecule has 0 N–H and O–H groups in total. The standard InChI is InChI=1S/C25H29NO4/c1-26(21-14-7-4-8-15-21)24(27)18-30-25(28)22(19-11-5-3-6-12-19)17-20-13-9-10-16-23(20)29-2/h3,5-6,9-13,16-17,21H,4,7-8,14-15,18H2,1-2H3. The Morgan fingerprint density at radius 3 is 2.37 bits per heavy atom. The first-order valence-corrected chi connectivity index (χ1v) is 10.4. The second kappa shape index (κ2) is 10.6. The van der Waals surface area contributed by atoms with Crippen LogP contribution in [0.3, 0.4) is 0 Å². The Labute approximate surface area is 178 Å². The van der Waals surface area contributed by atoms with Crippen LogP contribution in [0.1, 0.15) is 43.2 Å². The largest absolute Gasteiger partial charge is 0.496 e. The fraction of sp³-hybridized carbons (Fsp3) is 0.360. The molecule has 2 aromatic rings. The lowest BCUT2D eigenvalue weighted by Gasteiger charge is -2.31. The van der Waals surface area contributed by atoms with Crippen molar-refractivity contribution < 1.29 is 19.1 Å². The Hall–Kier alpha value is -3.08. The maximum absolute atomic E-state index is 12.9. The van der Waals surface area contributed by atoms with Gasteiger partial charge in [0, 0.05) is 18.7 Å². The van der Waals surface area contributed by atoms with Gasteiger partial charge >= 0.3 is 5.97 Å². The lowest BCUT2D eigenvalue weighted by Crippen LogP contribution is -2.40. The monoisotopic (exact) mass is 407 g/mol. The fourth-order valence-corrected chi connectivity index (χ4v) is 3.80. The second-order valence-corrected chi connectivity index (χ2v) is 7.54. The van der Waals surface area contributed by atoms with Crippen LogP contribution >= 0.6 is 0 Å². The zero-order chi connectivity index (χ0) is 21.3. The molecular weight excluding hydrogens is 378 g/mol. The number of esters is 1. The zero-order valence-corrected chi connectivity index (χ0v) is 17.7. The average Bonchev–Trinajstić information content (AvgIpc) is 2.81. The second-order valence-electron chi connectivity index (χ2n) is 7.54. The molecule has 5 nitrogen and oxygen atoms in total. The molecule has 30 heavy (non-hydrogen) atoms. The van der Waals surface area contributed by atoms with Crippen LogP contribution in [0.15, 0.2) is 54.6 Å². The predicted octanol–water partition coefficient (Wildman–Crippen LogP) is 4.57. The molecule has 3 rings (SSSR count). The molecule has 158 valence electrons. The van der Waals surface area contributed by atoms with E-state index in [2.05, 4.69) is 0 Å². The molecular formula is C25H29NO4. The highest BCUT2D eigenvalue weighted by Crippen LogP contribution is 2.26. The first-order valence-electron chi connectivity index (χ1n) is 10.4. The molecule has 1 amide bonds. The van der Waals surface area contributed by atoms with Gasteiger partial charge in [0.25, 0.3) is 5.91 Å². The van der Waals surface area contributed by atoms with Crippen LogP contribution in [0.2, 0.25) is 0 Å². The summed E-state index contributed by atoms with van der Waals surface area (Å²) >= 11 is 0. The number of amides is 1. The number of rotatable bonds is 7. The van der Waals surface area contributed by atoms with E-state index in [4.69, 9.17) is 9.47 Å². The van der Waals surface area contributed by atoms with Gasteiger partial charge in [-0.1, -0.05) is 67.8 Å². The number of likely N-dealkylation sites (N-methyl/N-ethyl adjacent to an activating group) is 1. The van der Waals surface area contributed by atoms with Crippen LogP contribution in [-0.2, 0) is 14.3 Å². The van der Waals surface area contributed by atoms with E-state index in [1.165, 1.54) is 6.42 Å². The van der Waals surface area contributed by atoms with E-state index in [9.17, 15) is 9.59 Å². The maximum atomic E-state index is 12.9. The number of nitrogens with zero attached hydrogens (tertiary/aromatic N) is 1. The summed E-state index contributed by atoms with van der Waals surface area (Å²) in [5, 5.41) is 0. The van der Waals surface area contributed by atoms with Gasteiger partial charge < -0.3 is 14.4 Å². The summed E-state index contributed by atoms with van der Waals surface area (Å²) in [6.07, 6.45) is 7.27. The molecule has 0 aromatic heterocycles. The first-order chi connectivity index (χ1) is 14.6. The van der Waals surface area contributed by atoms with Crippen molar-refractivity contribution in [1.29, 1.82) is 0 Å². The first kappa shape index (κ1) is 21.6. The van der Waals surface area contributed by atoms with E-state index in [0.29, 0.717) is 11.3 Å². The molecule has 0 spiro atoms. The molecule has 1 fully saturated rings. The summed E-state index contributed by atoms with van der Waals surface area (Å²) in [4.78, 5) is 27.3. The number of methoxy groups -OCH3 is 1. The number of hydrogen-bond acceptors (Lipinski definition) is 4. The summed E-state index contributed by atoms with van der Waals surface area (Å²) < 4.78 is 10.8. The van der Waals surface area contributed by atoms with Crippen molar-refractivity contribution >= 4 is 23.5 Å². The number of ether oxygens (including phenoxy) is 2. The lowest BCUT2D eigenvalue weighted by atomic mass is 9.94. The third-order valence-electron chi connectivity index (χ3n) is 5.59. The van der Waals surface area contributed by atoms with E-state index >= 15 is 0 Å². The molecule has 0 aliphatic heterocycles. The molecule has 0 heterocycles. The number of benzene rings is 2. The van der Waals surface area contributed by atoms with Crippen LogP contribution in [0, 0.1) is 0 Å². The third-order valence-corrected chi connectivity index (χ3v) is 5.59. The van der Waals surface area contributed by atoms with Gasteiger partial charge in [0.1, 0.15) is 5.75 Å². The molecule has 0 saturated heterocycles. The van der Waals surface area contributed by atoms with Crippen molar-refractivity contribution in [2.24, 2.45) is 0 Å². The highest BCUT2D eigenvalue weighted by atomic mass is 16.5. The van der Waals surface area contributed by atoms with E-state index in [-0.39, 0.29) is 18.6 Å². The van der Waals surface area contributed by atoms with Crippen molar-refractivity contribution in [2.45, 2.75) is 38.1 Å². The Balaban J connectivity index is 1.76. The van der Waals surface area contributed by atoms with E-state index in [0.717, 1.165) is 36.8 Å². The zero-order valence-electron chi connectivity index (χ0n) is 17.7. The van der Waals surface area contributed by atoms with E-state index in [1.54, 1.807) is 25.1 Å². The minimum absolute atomic E-state index is 0.167. The Kier molecular flexibility index (Phi) is 7.66. The van der Waals surface area contributed by atoms with Gasteiger partial charge in [-0.15, -0.1) is 0 Å². The fourth-order valence-electron chi connectivity index (χ4n) is 3.80. The molecule has 1 saturated carbocycles. The van der Waals surface area contributed by atoms with Crippen molar-refractivity contribution in [2.75, 3.05) is 20.8 Å². The Bertz CT molecular complexity index is 885. The topological polar surface area (TPSA) is 55.8 Å². The summed E-state index contributed by atoms with van der Waals surface area (Å²) in [6, 6.07) is 17.0. The van der Waals surface area contributed by atoms with Crippen LogP contribution in [-0.4, -0.2) is 43.6 Å². The number of hydrogen-bond donors (Lipinski definition) is 0. The SMILES string of the molecule is COc1ccccc1C=C(C(=O)OCC(=O)N(C)C1CCCCC1)c1ccccc1. The number of para-hydroxylation sites is 1. The maximum Gasteiger partial charge on any atom is 0.339 e. The quantitative estimate of drug-likeness (QED) is 0.383. The summed E-state index contributed by atoms with van der Waals surface area (Å²) in [7, 11) is 3.39. The van der Waals surface area contributed by atoms with Crippen LogP contribution in [0.4, 0.5) is 0 Å². The van der Waals surface area contributed by atoms with Gasteiger partial charge in [0.15, 0.2) is 6.61 Å². The number of carbonyl (C=O) groups is 2. The van der Waals surface area contributed by atoms with Crippen LogP contribution in [0.5, 0.6) is 5.75 Å². The molecule has 0 unspecified atom stereocenters. The molecule has 1 aliphatic rings. The lowest BCUT2D eigenvalue weighted by molar-refractivity contribution is -0.148. The van der Waals surface area contributed by atoms with Crippen LogP contribution in [0.25, 0.3) is 11.6 Å². The number of carbonyl (C=O) groups excluding carboxylic acids is 2. The molecule has 0 radical (unpaired) electrons. The van der Waals surface area contributed by atoms with E-state index in [1.807, 2.05) is 54.6 Å². The van der Waals surface area contributed by atoms with Gasteiger partial charge in [-0.2, -0.15) is 0 Å². The molecule has 1 aliphatic carbocycles. The smallest absolute Gasteiger partial charge is 0.339 e. The van der Waals surface area contributed by atoms with Crippen molar-refractivity contribution in [1.82, 2.24) is 4.90 Å². The third kappa shape index (κ3) is 5.50. The van der Waals surface area contributed by atoms with Crippen LogP contribution < -0.4 is 4.74 Å². The molecule has 0 bridgehead atoms. The van der Waals surface area contributed by atoms with Gasteiger partial charge in [-0.3, -0.25) is 4.79 Å². The molecule has 2 aromatic carbocycles. The minimum Gasteiger partial charge on any atom is -0.496 e. The summed E-state index contributed by atoms with van der Waals surface area (Å²) in [5.74, 6) is -0.0377. The van der Waals surface area contributed by atoms with E-state index < -0.39 is 5.97 Å². The molecule has 0 atom stereocenters. The highest BCUT2D eigenvalue weighted by Gasteiger charge is 2.23. The van der Waals surface area contributed by atoms with Gasteiger partial charge in [0.05, 0.1) is 12.7 Å². The summed E-state index contributed by atoms with van der Waals surface area (Å²) in [6.45, 7) is -0.262. The van der Waals surface area contributed by atoms with Crippen molar-refractivity contribution in [3.63, 3.8) is 0 Å². The normalized spacial score (nSPS) is 14.8. The predicted molar refractivity (Wildman–Crippen MR) is 118 cm³/mol. The summed E-state index contributed by atoms with van der Waals surface area (Å²) in [5.41, 5.74) is 1.87. The average molecular weight is 408 g/mol. The molecule has 5 heteroatoms. The van der Waals surface area contributed by atoms with Crippen molar-refractivity contribution in [3.8, 4) is 5.75 Å². The van der Waals surface area contributed by atoms with Gasteiger partial charge in [-0.25, -0.2) is 4.79 Å². The Morgan fingerprint density at radius 1 is 1.00 bits per heavy atom.